The summed E-state index contributed by atoms with van der Waals surface area (Å²) in [5.74, 6) is 0.212. The minimum Gasteiger partial charge on any atom is -0.345 e. The Morgan fingerprint density at radius 3 is 2.50 bits per heavy atom. The maximum Gasteiger partial charge on any atom is 0.244 e. The van der Waals surface area contributed by atoms with E-state index < -0.39 is 0 Å². The number of amides is 1. The van der Waals surface area contributed by atoms with Crippen LogP contribution in [0.2, 0.25) is 0 Å². The Kier molecular flexibility index (Phi) is 5.06. The van der Waals surface area contributed by atoms with Gasteiger partial charge in [0, 0.05) is 6.08 Å². The number of benzene rings is 2. The van der Waals surface area contributed by atoms with Crippen molar-refractivity contribution in [3.05, 3.63) is 71.2 Å². The van der Waals surface area contributed by atoms with Crippen molar-refractivity contribution in [1.82, 2.24) is 10.3 Å². The molecule has 122 valence electrons. The van der Waals surface area contributed by atoms with Gasteiger partial charge < -0.3 is 5.32 Å². The molecule has 1 aromatic heterocycles. The Morgan fingerprint density at radius 2 is 1.79 bits per heavy atom. The number of carbonyl (C=O) groups excluding carboxylic acids is 1. The van der Waals surface area contributed by atoms with E-state index in [9.17, 15) is 4.79 Å². The number of nitrogens with zero attached hydrogens (tertiary/aromatic N) is 1. The van der Waals surface area contributed by atoms with E-state index in [-0.39, 0.29) is 11.9 Å². The zero-order valence-electron chi connectivity index (χ0n) is 13.8. The summed E-state index contributed by atoms with van der Waals surface area (Å²) in [7, 11) is 0. The van der Waals surface area contributed by atoms with Crippen molar-refractivity contribution >= 4 is 33.5 Å². The lowest BCUT2D eigenvalue weighted by Gasteiger charge is -2.22. The first kappa shape index (κ1) is 16.4. The van der Waals surface area contributed by atoms with E-state index in [0.717, 1.165) is 20.8 Å². The van der Waals surface area contributed by atoms with Crippen LogP contribution in [0.1, 0.15) is 30.5 Å². The highest BCUT2D eigenvalue weighted by Gasteiger charge is 2.16. The second kappa shape index (κ2) is 7.41. The molecule has 1 N–H and O–H groups in total. The minimum atomic E-state index is -0.100. The first-order valence-corrected chi connectivity index (χ1v) is 8.84. The van der Waals surface area contributed by atoms with Crippen LogP contribution in [-0.2, 0) is 4.79 Å². The number of thiazole rings is 1. The maximum atomic E-state index is 12.3. The first-order valence-electron chi connectivity index (χ1n) is 8.02. The normalized spacial score (nSPS) is 12.8. The molecule has 1 heterocycles. The molecule has 0 aliphatic heterocycles. The molecule has 0 aliphatic rings. The van der Waals surface area contributed by atoms with Gasteiger partial charge in [-0.25, -0.2) is 4.98 Å². The van der Waals surface area contributed by atoms with Gasteiger partial charge in [-0.15, -0.1) is 11.3 Å². The summed E-state index contributed by atoms with van der Waals surface area (Å²) in [5.41, 5.74) is 2.08. The summed E-state index contributed by atoms with van der Waals surface area (Å²) in [6.45, 7) is 4.21. The molecule has 0 saturated carbocycles. The van der Waals surface area contributed by atoms with E-state index in [4.69, 9.17) is 0 Å². The van der Waals surface area contributed by atoms with Crippen LogP contribution in [0.15, 0.2) is 60.7 Å². The lowest BCUT2D eigenvalue weighted by molar-refractivity contribution is -0.117. The maximum absolute atomic E-state index is 12.3. The molecule has 1 unspecified atom stereocenters. The van der Waals surface area contributed by atoms with Gasteiger partial charge in [-0.1, -0.05) is 56.3 Å². The highest BCUT2D eigenvalue weighted by atomic mass is 32.1. The third-order valence-corrected chi connectivity index (χ3v) is 4.81. The van der Waals surface area contributed by atoms with Gasteiger partial charge in [0.2, 0.25) is 5.91 Å². The molecule has 24 heavy (non-hydrogen) atoms. The molecule has 0 radical (unpaired) electrons. The van der Waals surface area contributed by atoms with Crippen molar-refractivity contribution in [3.63, 3.8) is 0 Å². The van der Waals surface area contributed by atoms with Gasteiger partial charge >= 0.3 is 0 Å². The Bertz CT molecular complexity index is 819. The lowest BCUT2D eigenvalue weighted by Crippen LogP contribution is -2.30. The van der Waals surface area contributed by atoms with Gasteiger partial charge in [-0.3, -0.25) is 4.79 Å². The van der Waals surface area contributed by atoms with Crippen molar-refractivity contribution in [1.29, 1.82) is 0 Å². The van der Waals surface area contributed by atoms with Crippen LogP contribution in [0.25, 0.3) is 16.3 Å². The van der Waals surface area contributed by atoms with Gasteiger partial charge in [0.1, 0.15) is 5.01 Å². The van der Waals surface area contributed by atoms with Gasteiger partial charge in [0.05, 0.1) is 16.3 Å². The lowest BCUT2D eigenvalue weighted by atomic mass is 9.96. The zero-order chi connectivity index (χ0) is 16.9. The van der Waals surface area contributed by atoms with E-state index >= 15 is 0 Å². The quantitative estimate of drug-likeness (QED) is 0.679. The standard InChI is InChI=1S/C20H20N2OS/c1-14(2)20(15-8-4-3-5-9-15)22-18(23)12-13-19-21-16-10-6-7-11-17(16)24-19/h3-14,20H,1-2H3,(H,22,23)/b13-12+. The molecule has 4 heteroatoms. The number of fused-ring (bicyclic) bond motifs is 1. The second-order valence-electron chi connectivity index (χ2n) is 5.99. The summed E-state index contributed by atoms with van der Waals surface area (Å²) >= 11 is 1.58. The van der Waals surface area contributed by atoms with E-state index in [1.54, 1.807) is 23.5 Å². The van der Waals surface area contributed by atoms with Crippen molar-refractivity contribution in [2.24, 2.45) is 5.92 Å². The molecule has 3 aromatic rings. The Balaban J connectivity index is 1.71. The number of para-hydroxylation sites is 1. The molecular weight excluding hydrogens is 316 g/mol. The fraction of sp³-hybridized carbons (Fsp3) is 0.200. The molecule has 0 spiro atoms. The van der Waals surface area contributed by atoms with Gasteiger partial charge in [-0.05, 0) is 29.7 Å². The van der Waals surface area contributed by atoms with E-state index in [1.165, 1.54) is 0 Å². The van der Waals surface area contributed by atoms with Gasteiger partial charge in [-0.2, -0.15) is 0 Å². The van der Waals surface area contributed by atoms with Crippen LogP contribution < -0.4 is 5.32 Å². The van der Waals surface area contributed by atoms with Crippen LogP contribution in [0, 0.1) is 5.92 Å². The molecule has 0 bridgehead atoms. The predicted octanol–water partition coefficient (Wildman–Crippen LogP) is 4.82. The average molecular weight is 336 g/mol. The number of hydrogen-bond donors (Lipinski definition) is 1. The number of rotatable bonds is 5. The third kappa shape index (κ3) is 3.89. The van der Waals surface area contributed by atoms with E-state index in [1.807, 2.05) is 54.6 Å². The topological polar surface area (TPSA) is 42.0 Å². The first-order chi connectivity index (χ1) is 11.6. The Morgan fingerprint density at radius 1 is 1.08 bits per heavy atom. The Hall–Kier alpha value is -2.46. The molecule has 2 aromatic carbocycles. The smallest absolute Gasteiger partial charge is 0.244 e. The third-order valence-electron chi connectivity index (χ3n) is 3.81. The predicted molar refractivity (Wildman–Crippen MR) is 101 cm³/mol. The summed E-state index contributed by atoms with van der Waals surface area (Å²) in [5, 5.41) is 3.93. The Labute approximate surface area is 146 Å². The summed E-state index contributed by atoms with van der Waals surface area (Å²) in [6, 6.07) is 18.0. The zero-order valence-corrected chi connectivity index (χ0v) is 14.6. The molecule has 3 nitrogen and oxygen atoms in total. The molecule has 0 saturated heterocycles. The van der Waals surface area contributed by atoms with E-state index in [2.05, 4.69) is 24.1 Å². The van der Waals surface area contributed by atoms with Crippen LogP contribution in [0.4, 0.5) is 0 Å². The summed E-state index contributed by atoms with van der Waals surface area (Å²) in [6.07, 6.45) is 3.35. The number of hydrogen-bond acceptors (Lipinski definition) is 3. The van der Waals surface area contributed by atoms with Crippen molar-refractivity contribution in [2.75, 3.05) is 0 Å². The molecule has 0 aliphatic carbocycles. The van der Waals surface area contributed by atoms with Crippen LogP contribution in [-0.4, -0.2) is 10.9 Å². The average Bonchev–Trinajstić information content (AvgIpc) is 3.01. The molecule has 0 fully saturated rings. The van der Waals surface area contributed by atoms with Crippen LogP contribution >= 0.6 is 11.3 Å². The van der Waals surface area contributed by atoms with Gasteiger partial charge in [0.15, 0.2) is 0 Å². The van der Waals surface area contributed by atoms with Crippen LogP contribution in [0.5, 0.6) is 0 Å². The van der Waals surface area contributed by atoms with E-state index in [0.29, 0.717) is 5.92 Å². The fourth-order valence-corrected chi connectivity index (χ4v) is 3.48. The highest BCUT2D eigenvalue weighted by molar-refractivity contribution is 7.19. The van der Waals surface area contributed by atoms with Crippen LogP contribution in [0.3, 0.4) is 0 Å². The molecule has 1 atom stereocenters. The second-order valence-corrected chi connectivity index (χ2v) is 7.06. The largest absolute Gasteiger partial charge is 0.345 e. The van der Waals surface area contributed by atoms with Crippen molar-refractivity contribution in [2.45, 2.75) is 19.9 Å². The molecule has 1 amide bonds. The molecular formula is C20H20N2OS. The summed E-state index contributed by atoms with van der Waals surface area (Å²) < 4.78 is 1.13. The molecule has 3 rings (SSSR count). The fourth-order valence-electron chi connectivity index (χ4n) is 2.60. The van der Waals surface area contributed by atoms with Gasteiger partial charge in [0.25, 0.3) is 0 Å². The number of aromatic nitrogens is 1. The number of carbonyl (C=O) groups is 1. The summed E-state index contributed by atoms with van der Waals surface area (Å²) in [4.78, 5) is 16.8. The highest BCUT2D eigenvalue weighted by Crippen LogP contribution is 2.23. The minimum absolute atomic E-state index is 0.00119. The van der Waals surface area contributed by atoms with Crippen molar-refractivity contribution < 1.29 is 4.79 Å². The SMILES string of the molecule is CC(C)C(NC(=O)/C=C/c1nc2ccccc2s1)c1ccccc1. The monoisotopic (exact) mass is 336 g/mol. The number of nitrogens with one attached hydrogen (secondary N) is 1. The van der Waals surface area contributed by atoms with Crippen molar-refractivity contribution in [3.8, 4) is 0 Å².